The molecule has 114 valence electrons. The normalized spacial score (nSPS) is 33.2. The highest BCUT2D eigenvalue weighted by atomic mass is 32.2. The minimum atomic E-state index is -0.933. The lowest BCUT2D eigenvalue weighted by Crippen LogP contribution is -2.56. The van der Waals surface area contributed by atoms with Crippen molar-refractivity contribution in [1.29, 1.82) is 0 Å². The standard InChI is InChI=1S/C12H20N2O5S/c15-6-7-1-3-13-8-5-9(20-19-11(7)8)12(18)14-4-2-10(16)17/h7-9,11,13,15H,1-6H2,(H,14,18)(H,16,17). The van der Waals surface area contributed by atoms with Gasteiger partial charge < -0.3 is 25.0 Å². The highest BCUT2D eigenvalue weighted by Crippen LogP contribution is 2.35. The van der Waals surface area contributed by atoms with Gasteiger partial charge in [-0.2, -0.15) is 0 Å². The second-order valence-electron chi connectivity index (χ2n) is 5.11. The molecule has 2 rings (SSSR count). The summed E-state index contributed by atoms with van der Waals surface area (Å²) in [4.78, 5) is 22.3. The van der Waals surface area contributed by atoms with Crippen LogP contribution in [0.2, 0.25) is 0 Å². The first-order valence-corrected chi connectivity index (χ1v) is 7.58. The van der Waals surface area contributed by atoms with Gasteiger partial charge in [0.15, 0.2) is 0 Å². The maximum atomic E-state index is 11.9. The van der Waals surface area contributed by atoms with E-state index < -0.39 is 5.97 Å². The van der Waals surface area contributed by atoms with Crippen LogP contribution in [0.5, 0.6) is 0 Å². The molecule has 8 heteroatoms. The molecule has 2 aliphatic heterocycles. The predicted molar refractivity (Wildman–Crippen MR) is 73.1 cm³/mol. The fraction of sp³-hybridized carbons (Fsp3) is 0.833. The van der Waals surface area contributed by atoms with Crippen LogP contribution >= 0.6 is 12.0 Å². The Hall–Kier alpha value is -0.830. The number of piperidine rings is 1. The van der Waals surface area contributed by atoms with Crippen molar-refractivity contribution in [2.75, 3.05) is 19.7 Å². The molecule has 0 saturated carbocycles. The van der Waals surface area contributed by atoms with E-state index in [-0.39, 0.29) is 48.8 Å². The van der Waals surface area contributed by atoms with E-state index >= 15 is 0 Å². The van der Waals surface area contributed by atoms with Gasteiger partial charge in [0.25, 0.3) is 0 Å². The molecule has 0 spiro atoms. The molecule has 1 amide bonds. The van der Waals surface area contributed by atoms with Crippen LogP contribution in [-0.4, -0.2) is 59.2 Å². The Morgan fingerprint density at radius 2 is 2.25 bits per heavy atom. The van der Waals surface area contributed by atoms with Gasteiger partial charge in [-0.1, -0.05) is 0 Å². The van der Waals surface area contributed by atoms with Crippen molar-refractivity contribution in [2.24, 2.45) is 5.92 Å². The van der Waals surface area contributed by atoms with Gasteiger partial charge in [0, 0.05) is 37.2 Å². The molecule has 2 fully saturated rings. The van der Waals surface area contributed by atoms with E-state index in [9.17, 15) is 14.7 Å². The first kappa shape index (κ1) is 15.6. The molecule has 20 heavy (non-hydrogen) atoms. The van der Waals surface area contributed by atoms with Crippen LogP contribution in [0.4, 0.5) is 0 Å². The van der Waals surface area contributed by atoms with Crippen molar-refractivity contribution >= 4 is 23.9 Å². The molecule has 0 aromatic carbocycles. The first-order valence-electron chi connectivity index (χ1n) is 6.77. The number of carboxylic acids is 1. The summed E-state index contributed by atoms with van der Waals surface area (Å²) in [7, 11) is 0. The second-order valence-corrected chi connectivity index (χ2v) is 6.06. The molecule has 0 aromatic heterocycles. The smallest absolute Gasteiger partial charge is 0.305 e. The largest absolute Gasteiger partial charge is 0.481 e. The zero-order valence-corrected chi connectivity index (χ0v) is 11.9. The molecule has 0 bridgehead atoms. The quantitative estimate of drug-likeness (QED) is 0.500. The predicted octanol–water partition coefficient (Wildman–Crippen LogP) is -0.647. The molecule has 0 aromatic rings. The van der Waals surface area contributed by atoms with E-state index in [0.717, 1.165) is 25.0 Å². The molecule has 0 radical (unpaired) electrons. The number of aliphatic hydroxyl groups is 1. The molecular weight excluding hydrogens is 284 g/mol. The molecule has 0 aliphatic carbocycles. The summed E-state index contributed by atoms with van der Waals surface area (Å²) in [6.07, 6.45) is 1.35. The summed E-state index contributed by atoms with van der Waals surface area (Å²) in [6, 6.07) is 0.0670. The second kappa shape index (κ2) is 7.26. The van der Waals surface area contributed by atoms with Crippen molar-refractivity contribution in [3.8, 4) is 0 Å². The Kier molecular flexibility index (Phi) is 5.64. The maximum absolute atomic E-state index is 11.9. The minimum Gasteiger partial charge on any atom is -0.481 e. The number of fused-ring (bicyclic) bond motifs is 1. The maximum Gasteiger partial charge on any atom is 0.305 e. The van der Waals surface area contributed by atoms with Gasteiger partial charge in [0.1, 0.15) is 5.25 Å². The summed E-state index contributed by atoms with van der Waals surface area (Å²) in [6.45, 7) is 1.04. The van der Waals surface area contributed by atoms with Crippen molar-refractivity contribution in [3.05, 3.63) is 0 Å². The Morgan fingerprint density at radius 3 is 2.95 bits per heavy atom. The number of carboxylic acid groups (broad SMARTS) is 1. The highest BCUT2D eigenvalue weighted by molar-refractivity contribution is 7.96. The van der Waals surface area contributed by atoms with E-state index in [1.165, 1.54) is 0 Å². The monoisotopic (exact) mass is 304 g/mol. The number of rotatable bonds is 5. The summed E-state index contributed by atoms with van der Waals surface area (Å²) in [5.41, 5.74) is 0. The Bertz CT molecular complexity index is 368. The summed E-state index contributed by atoms with van der Waals surface area (Å²) in [5, 5.41) is 23.4. The van der Waals surface area contributed by atoms with Crippen LogP contribution in [-0.2, 0) is 13.8 Å². The Balaban J connectivity index is 1.81. The van der Waals surface area contributed by atoms with Crippen LogP contribution in [0, 0.1) is 5.92 Å². The van der Waals surface area contributed by atoms with E-state index in [2.05, 4.69) is 10.6 Å². The van der Waals surface area contributed by atoms with Gasteiger partial charge in [-0.3, -0.25) is 9.59 Å². The molecule has 2 aliphatic rings. The van der Waals surface area contributed by atoms with Gasteiger partial charge in [-0.05, 0) is 19.4 Å². The van der Waals surface area contributed by atoms with Gasteiger partial charge in [-0.25, -0.2) is 0 Å². The zero-order valence-electron chi connectivity index (χ0n) is 11.1. The number of aliphatic carboxylic acids is 1. The third kappa shape index (κ3) is 3.85. The number of hydrogen-bond donors (Lipinski definition) is 4. The van der Waals surface area contributed by atoms with Crippen molar-refractivity contribution in [1.82, 2.24) is 10.6 Å². The van der Waals surface area contributed by atoms with Crippen molar-refractivity contribution in [2.45, 2.75) is 36.7 Å². The SMILES string of the molecule is O=C(O)CCNC(=O)C1CC2NCCC(CO)C2OS1. The van der Waals surface area contributed by atoms with Crippen molar-refractivity contribution in [3.63, 3.8) is 0 Å². The van der Waals surface area contributed by atoms with E-state index in [0.29, 0.717) is 6.42 Å². The Morgan fingerprint density at radius 1 is 1.45 bits per heavy atom. The van der Waals surface area contributed by atoms with Crippen LogP contribution in [0.3, 0.4) is 0 Å². The molecule has 7 nitrogen and oxygen atoms in total. The lowest BCUT2D eigenvalue weighted by atomic mass is 9.87. The average molecular weight is 304 g/mol. The summed E-state index contributed by atoms with van der Waals surface area (Å²) < 4.78 is 5.66. The lowest BCUT2D eigenvalue weighted by Gasteiger charge is -2.42. The average Bonchev–Trinajstić information content (AvgIpc) is 2.45. The van der Waals surface area contributed by atoms with Crippen LogP contribution in [0.15, 0.2) is 0 Å². The fourth-order valence-electron chi connectivity index (χ4n) is 2.58. The molecule has 2 saturated heterocycles. The highest BCUT2D eigenvalue weighted by Gasteiger charge is 2.41. The van der Waals surface area contributed by atoms with Crippen LogP contribution in [0.1, 0.15) is 19.3 Å². The third-order valence-corrected chi connectivity index (χ3v) is 4.67. The van der Waals surface area contributed by atoms with E-state index in [4.69, 9.17) is 9.29 Å². The summed E-state index contributed by atoms with van der Waals surface area (Å²) in [5.74, 6) is -1.01. The molecule has 2 heterocycles. The van der Waals surface area contributed by atoms with Gasteiger partial charge in [-0.15, -0.1) is 0 Å². The van der Waals surface area contributed by atoms with E-state index in [1.807, 2.05) is 0 Å². The molecule has 4 N–H and O–H groups in total. The number of carbonyl (C=O) groups excluding carboxylic acids is 1. The number of hydrogen-bond acceptors (Lipinski definition) is 6. The minimum absolute atomic E-state index is 0.0670. The number of carbonyl (C=O) groups is 2. The van der Waals surface area contributed by atoms with Crippen LogP contribution in [0.25, 0.3) is 0 Å². The number of nitrogens with one attached hydrogen (secondary N) is 2. The van der Waals surface area contributed by atoms with Gasteiger partial charge >= 0.3 is 5.97 Å². The molecule has 4 atom stereocenters. The zero-order chi connectivity index (χ0) is 14.5. The first-order chi connectivity index (χ1) is 9.61. The Labute approximate surface area is 121 Å². The van der Waals surface area contributed by atoms with Crippen molar-refractivity contribution < 1.29 is 24.0 Å². The van der Waals surface area contributed by atoms with Gasteiger partial charge in [0.05, 0.1) is 12.5 Å². The van der Waals surface area contributed by atoms with E-state index in [1.54, 1.807) is 0 Å². The third-order valence-electron chi connectivity index (χ3n) is 3.70. The van der Waals surface area contributed by atoms with Crippen LogP contribution < -0.4 is 10.6 Å². The lowest BCUT2D eigenvalue weighted by molar-refractivity contribution is -0.136. The van der Waals surface area contributed by atoms with Gasteiger partial charge in [0.2, 0.25) is 5.91 Å². The molecule has 4 unspecified atom stereocenters. The number of aliphatic hydroxyl groups excluding tert-OH is 1. The fourth-order valence-corrected chi connectivity index (χ4v) is 3.59. The number of amides is 1. The molecular formula is C12H20N2O5S. The summed E-state index contributed by atoms with van der Waals surface area (Å²) >= 11 is 1.12. The topological polar surface area (TPSA) is 108 Å².